The molecule has 31 heavy (non-hydrogen) atoms. The summed E-state index contributed by atoms with van der Waals surface area (Å²) in [6.07, 6.45) is 1.15. The van der Waals surface area contributed by atoms with Gasteiger partial charge in [0, 0.05) is 32.5 Å². The molecule has 1 heterocycles. The molecule has 2 aromatic rings. The van der Waals surface area contributed by atoms with Crippen LogP contribution in [0.15, 0.2) is 60.7 Å². The first kappa shape index (κ1) is 22.3. The lowest BCUT2D eigenvalue weighted by atomic mass is 10.0. The lowest BCUT2D eigenvalue weighted by Gasteiger charge is -2.34. The zero-order valence-electron chi connectivity index (χ0n) is 17.8. The van der Waals surface area contributed by atoms with E-state index >= 15 is 0 Å². The summed E-state index contributed by atoms with van der Waals surface area (Å²) in [5.74, 6) is -0.198. The fraction of sp³-hybridized carbons (Fsp3) is 0.375. The average Bonchev–Trinajstić information content (AvgIpc) is 2.78. The fourth-order valence-corrected chi connectivity index (χ4v) is 3.71. The molecule has 1 aliphatic rings. The lowest BCUT2D eigenvalue weighted by molar-refractivity contribution is -0.134. The molecule has 0 aromatic heterocycles. The number of nitrogens with one attached hydrogen (secondary N) is 2. The summed E-state index contributed by atoms with van der Waals surface area (Å²) in [5.41, 5.74) is 1.83. The second kappa shape index (κ2) is 11.2. The first-order valence-corrected chi connectivity index (χ1v) is 10.6. The summed E-state index contributed by atoms with van der Waals surface area (Å²) in [6.45, 7) is 2.71. The van der Waals surface area contributed by atoms with E-state index in [4.69, 9.17) is 4.74 Å². The van der Waals surface area contributed by atoms with Crippen molar-refractivity contribution in [2.45, 2.75) is 44.9 Å². The summed E-state index contributed by atoms with van der Waals surface area (Å²) in [6, 6.07) is 18.3. The summed E-state index contributed by atoms with van der Waals surface area (Å²) in [4.78, 5) is 38.7. The molecule has 0 saturated carbocycles. The van der Waals surface area contributed by atoms with Gasteiger partial charge in [0.05, 0.1) is 0 Å². The van der Waals surface area contributed by atoms with Crippen LogP contribution in [-0.2, 0) is 27.4 Å². The fourth-order valence-electron chi connectivity index (χ4n) is 3.71. The van der Waals surface area contributed by atoms with E-state index in [0.29, 0.717) is 32.4 Å². The first-order chi connectivity index (χ1) is 15.0. The molecule has 7 heteroatoms. The first-order valence-electron chi connectivity index (χ1n) is 10.6. The Morgan fingerprint density at radius 1 is 0.968 bits per heavy atom. The van der Waals surface area contributed by atoms with E-state index in [2.05, 4.69) is 10.6 Å². The van der Waals surface area contributed by atoms with Gasteiger partial charge in [-0.05, 0) is 24.0 Å². The van der Waals surface area contributed by atoms with E-state index in [0.717, 1.165) is 11.1 Å². The number of ether oxygens (including phenoxy) is 1. The van der Waals surface area contributed by atoms with Crippen LogP contribution in [-0.4, -0.2) is 48.0 Å². The number of likely N-dealkylation sites (tertiary alicyclic amines) is 1. The molecular weight excluding hydrogens is 394 g/mol. The zero-order valence-corrected chi connectivity index (χ0v) is 17.8. The molecule has 1 saturated heterocycles. The van der Waals surface area contributed by atoms with Gasteiger partial charge in [-0.3, -0.25) is 9.59 Å². The molecule has 7 nitrogen and oxygen atoms in total. The van der Waals surface area contributed by atoms with E-state index in [1.807, 2.05) is 60.7 Å². The van der Waals surface area contributed by atoms with E-state index < -0.39 is 12.1 Å². The van der Waals surface area contributed by atoms with Crippen molar-refractivity contribution in [3.8, 4) is 0 Å². The molecule has 0 radical (unpaired) electrons. The number of hydrogen-bond acceptors (Lipinski definition) is 4. The highest BCUT2D eigenvalue weighted by Gasteiger charge is 2.30. The van der Waals surface area contributed by atoms with Crippen molar-refractivity contribution in [3.63, 3.8) is 0 Å². The van der Waals surface area contributed by atoms with Crippen LogP contribution in [0.3, 0.4) is 0 Å². The number of rotatable bonds is 7. The van der Waals surface area contributed by atoms with Gasteiger partial charge in [-0.15, -0.1) is 0 Å². The SMILES string of the molecule is CC(=O)NC1CCN(C(=O)C(Cc2ccccc2)NC(=O)OCc2ccccc2)CC1. The monoisotopic (exact) mass is 423 g/mol. The van der Waals surface area contributed by atoms with E-state index in [-0.39, 0.29) is 24.5 Å². The number of carbonyl (C=O) groups is 3. The Hall–Kier alpha value is -3.35. The highest BCUT2D eigenvalue weighted by Crippen LogP contribution is 2.14. The van der Waals surface area contributed by atoms with Gasteiger partial charge >= 0.3 is 6.09 Å². The van der Waals surface area contributed by atoms with Crippen molar-refractivity contribution < 1.29 is 19.1 Å². The minimum absolute atomic E-state index is 0.0606. The molecule has 3 rings (SSSR count). The lowest BCUT2D eigenvalue weighted by Crippen LogP contribution is -2.53. The average molecular weight is 424 g/mol. The van der Waals surface area contributed by atoms with Crippen molar-refractivity contribution >= 4 is 17.9 Å². The molecule has 2 N–H and O–H groups in total. The molecule has 0 aliphatic carbocycles. The van der Waals surface area contributed by atoms with Crippen LogP contribution >= 0.6 is 0 Å². The quantitative estimate of drug-likeness (QED) is 0.717. The topological polar surface area (TPSA) is 87.7 Å². The van der Waals surface area contributed by atoms with E-state index in [9.17, 15) is 14.4 Å². The van der Waals surface area contributed by atoms with Gasteiger partial charge in [0.25, 0.3) is 0 Å². The van der Waals surface area contributed by atoms with Crippen molar-refractivity contribution in [1.82, 2.24) is 15.5 Å². The highest BCUT2D eigenvalue weighted by molar-refractivity contribution is 5.86. The molecular formula is C24H29N3O4. The van der Waals surface area contributed by atoms with Gasteiger partial charge in [0.2, 0.25) is 11.8 Å². The number of nitrogens with zero attached hydrogens (tertiary/aromatic N) is 1. The van der Waals surface area contributed by atoms with Gasteiger partial charge < -0.3 is 20.3 Å². The summed E-state index contributed by atoms with van der Waals surface area (Å²) >= 11 is 0. The number of carbonyl (C=O) groups excluding carboxylic acids is 3. The summed E-state index contributed by atoms with van der Waals surface area (Å²) in [5, 5.41) is 5.66. The normalized spacial score (nSPS) is 15.1. The molecule has 164 valence electrons. The minimum Gasteiger partial charge on any atom is -0.445 e. The van der Waals surface area contributed by atoms with Gasteiger partial charge in [-0.1, -0.05) is 60.7 Å². The Labute approximate surface area is 182 Å². The molecule has 1 aliphatic heterocycles. The van der Waals surface area contributed by atoms with Crippen LogP contribution < -0.4 is 10.6 Å². The Morgan fingerprint density at radius 2 is 1.55 bits per heavy atom. The number of benzene rings is 2. The summed E-state index contributed by atoms with van der Waals surface area (Å²) in [7, 11) is 0. The number of amides is 3. The van der Waals surface area contributed by atoms with Crippen molar-refractivity contribution in [3.05, 3.63) is 71.8 Å². The van der Waals surface area contributed by atoms with Gasteiger partial charge in [0.15, 0.2) is 0 Å². The summed E-state index contributed by atoms with van der Waals surface area (Å²) < 4.78 is 5.33. The third kappa shape index (κ3) is 7.13. The molecule has 3 amide bonds. The molecule has 0 spiro atoms. The molecule has 0 bridgehead atoms. The maximum absolute atomic E-state index is 13.2. The van der Waals surface area contributed by atoms with Crippen LogP contribution in [0.1, 0.15) is 30.9 Å². The molecule has 1 fully saturated rings. The minimum atomic E-state index is -0.719. The van der Waals surface area contributed by atoms with Crippen LogP contribution in [0.2, 0.25) is 0 Å². The highest BCUT2D eigenvalue weighted by atomic mass is 16.5. The third-order valence-corrected chi connectivity index (χ3v) is 5.30. The molecule has 1 unspecified atom stereocenters. The third-order valence-electron chi connectivity index (χ3n) is 5.30. The van der Waals surface area contributed by atoms with Crippen LogP contribution in [0.4, 0.5) is 4.79 Å². The second-order valence-corrected chi connectivity index (χ2v) is 7.75. The van der Waals surface area contributed by atoms with Crippen molar-refractivity contribution in [2.75, 3.05) is 13.1 Å². The van der Waals surface area contributed by atoms with Crippen LogP contribution in [0.25, 0.3) is 0 Å². The largest absolute Gasteiger partial charge is 0.445 e. The standard InChI is InChI=1S/C24H29N3O4/c1-18(28)25-21-12-14-27(15-13-21)23(29)22(16-19-8-4-2-5-9-19)26-24(30)31-17-20-10-6-3-7-11-20/h2-11,21-22H,12-17H2,1H3,(H,25,28)(H,26,30). The second-order valence-electron chi connectivity index (χ2n) is 7.75. The van der Waals surface area contributed by atoms with Gasteiger partial charge in [0.1, 0.15) is 12.6 Å². The van der Waals surface area contributed by atoms with E-state index in [1.165, 1.54) is 6.92 Å². The molecule has 2 aromatic carbocycles. The Bertz CT molecular complexity index is 865. The predicted molar refractivity (Wildman–Crippen MR) is 117 cm³/mol. The van der Waals surface area contributed by atoms with Crippen LogP contribution in [0, 0.1) is 0 Å². The zero-order chi connectivity index (χ0) is 22.1. The van der Waals surface area contributed by atoms with Crippen LogP contribution in [0.5, 0.6) is 0 Å². The molecule has 1 atom stereocenters. The maximum Gasteiger partial charge on any atom is 0.408 e. The Balaban J connectivity index is 1.61. The van der Waals surface area contributed by atoms with Crippen molar-refractivity contribution in [2.24, 2.45) is 0 Å². The number of alkyl carbamates (subject to hydrolysis) is 1. The number of hydrogen-bond donors (Lipinski definition) is 2. The van der Waals surface area contributed by atoms with Crippen molar-refractivity contribution in [1.29, 1.82) is 0 Å². The number of piperidine rings is 1. The Morgan fingerprint density at radius 3 is 2.13 bits per heavy atom. The maximum atomic E-state index is 13.2. The van der Waals surface area contributed by atoms with Gasteiger partial charge in [-0.25, -0.2) is 4.79 Å². The van der Waals surface area contributed by atoms with Gasteiger partial charge in [-0.2, -0.15) is 0 Å². The smallest absolute Gasteiger partial charge is 0.408 e. The van der Waals surface area contributed by atoms with E-state index in [1.54, 1.807) is 4.90 Å². The predicted octanol–water partition coefficient (Wildman–Crippen LogP) is 2.65. The Kier molecular flexibility index (Phi) is 8.04.